The zero-order chi connectivity index (χ0) is 15.8. The van der Waals surface area contributed by atoms with E-state index in [2.05, 4.69) is 41.5 Å². The van der Waals surface area contributed by atoms with Gasteiger partial charge in [-0.15, -0.1) is 0 Å². The zero-order valence-electron chi connectivity index (χ0n) is 13.4. The summed E-state index contributed by atoms with van der Waals surface area (Å²) >= 11 is 0. The second-order valence-corrected chi connectivity index (χ2v) is 7.61. The van der Waals surface area contributed by atoms with E-state index in [0.717, 1.165) is 5.56 Å². The number of hydrogen-bond donors (Lipinski definition) is 2. The molecule has 0 bridgehead atoms. The third-order valence-corrected chi connectivity index (χ3v) is 4.39. The molecule has 112 valence electrons. The zero-order valence-corrected chi connectivity index (χ0v) is 13.4. The molecule has 0 spiro atoms. The Hall–Kier alpha value is -1.51. The van der Waals surface area contributed by atoms with Crippen LogP contribution in [0.5, 0.6) is 5.75 Å². The van der Waals surface area contributed by atoms with Gasteiger partial charge in [0.1, 0.15) is 5.75 Å². The van der Waals surface area contributed by atoms with Crippen molar-refractivity contribution >= 4 is 5.91 Å². The maximum absolute atomic E-state index is 12.4. The molecular formula is C17H27NO2. The SMILES string of the molecule is CC(C)(C)C(Cc1ccc(O)cc1)(C(N)=O)C(C)(C)C. The van der Waals surface area contributed by atoms with Crippen molar-refractivity contribution in [3.8, 4) is 5.75 Å². The molecule has 3 nitrogen and oxygen atoms in total. The van der Waals surface area contributed by atoms with E-state index in [1.807, 2.05) is 12.1 Å². The molecule has 0 unspecified atom stereocenters. The summed E-state index contributed by atoms with van der Waals surface area (Å²) in [4.78, 5) is 12.4. The Balaban J connectivity index is 3.38. The first-order valence-electron chi connectivity index (χ1n) is 6.99. The molecule has 0 aliphatic rings. The molecule has 0 aliphatic carbocycles. The summed E-state index contributed by atoms with van der Waals surface area (Å²) in [7, 11) is 0. The molecule has 1 aromatic carbocycles. The number of aromatic hydroxyl groups is 1. The van der Waals surface area contributed by atoms with Gasteiger partial charge in [-0.3, -0.25) is 4.79 Å². The van der Waals surface area contributed by atoms with Crippen molar-refractivity contribution in [3.05, 3.63) is 29.8 Å². The molecule has 0 radical (unpaired) electrons. The summed E-state index contributed by atoms with van der Waals surface area (Å²) in [5, 5.41) is 9.39. The van der Waals surface area contributed by atoms with Crippen molar-refractivity contribution in [1.29, 1.82) is 0 Å². The van der Waals surface area contributed by atoms with Crippen LogP contribution in [0.15, 0.2) is 24.3 Å². The van der Waals surface area contributed by atoms with Crippen LogP contribution in [0.1, 0.15) is 47.1 Å². The summed E-state index contributed by atoms with van der Waals surface area (Å²) in [5.41, 5.74) is 5.63. The lowest BCUT2D eigenvalue weighted by Crippen LogP contribution is -2.56. The highest BCUT2D eigenvalue weighted by Crippen LogP contribution is 2.53. The molecule has 3 heteroatoms. The average Bonchev–Trinajstić information content (AvgIpc) is 2.24. The average molecular weight is 277 g/mol. The van der Waals surface area contributed by atoms with E-state index in [1.54, 1.807) is 12.1 Å². The Morgan fingerprint density at radius 3 is 1.70 bits per heavy atom. The summed E-state index contributed by atoms with van der Waals surface area (Å²) in [6.45, 7) is 12.4. The smallest absolute Gasteiger partial charge is 0.225 e. The van der Waals surface area contributed by atoms with Crippen LogP contribution in [0.25, 0.3) is 0 Å². The first-order chi connectivity index (χ1) is 8.92. The molecule has 0 saturated carbocycles. The maximum Gasteiger partial charge on any atom is 0.225 e. The van der Waals surface area contributed by atoms with E-state index < -0.39 is 5.41 Å². The van der Waals surface area contributed by atoms with Crippen LogP contribution in [-0.4, -0.2) is 11.0 Å². The molecule has 0 heterocycles. The third-order valence-electron chi connectivity index (χ3n) is 4.39. The van der Waals surface area contributed by atoms with Gasteiger partial charge in [0.05, 0.1) is 5.41 Å². The highest BCUT2D eigenvalue weighted by Gasteiger charge is 2.54. The van der Waals surface area contributed by atoms with Crippen molar-refractivity contribution in [2.45, 2.75) is 48.0 Å². The molecule has 1 rings (SSSR count). The Labute approximate surface area is 122 Å². The number of nitrogens with two attached hydrogens (primary N) is 1. The van der Waals surface area contributed by atoms with Crippen LogP contribution in [-0.2, 0) is 11.2 Å². The van der Waals surface area contributed by atoms with Crippen molar-refractivity contribution in [2.24, 2.45) is 22.0 Å². The highest BCUT2D eigenvalue weighted by molar-refractivity contribution is 5.83. The Morgan fingerprint density at radius 1 is 1.00 bits per heavy atom. The monoisotopic (exact) mass is 277 g/mol. The van der Waals surface area contributed by atoms with Crippen LogP contribution in [0.4, 0.5) is 0 Å². The lowest BCUT2D eigenvalue weighted by molar-refractivity contribution is -0.145. The fourth-order valence-electron chi connectivity index (χ4n) is 3.40. The lowest BCUT2D eigenvalue weighted by atomic mass is 9.51. The number of phenolic OH excluding ortho intramolecular Hbond substituents is 1. The van der Waals surface area contributed by atoms with Crippen LogP contribution >= 0.6 is 0 Å². The number of rotatable bonds is 3. The summed E-state index contributed by atoms with van der Waals surface area (Å²) in [6, 6.07) is 6.99. The minimum Gasteiger partial charge on any atom is -0.508 e. The van der Waals surface area contributed by atoms with Crippen molar-refractivity contribution in [1.82, 2.24) is 0 Å². The topological polar surface area (TPSA) is 63.3 Å². The largest absolute Gasteiger partial charge is 0.508 e. The lowest BCUT2D eigenvalue weighted by Gasteiger charge is -2.51. The van der Waals surface area contributed by atoms with Crippen LogP contribution < -0.4 is 5.73 Å². The molecule has 1 aromatic rings. The summed E-state index contributed by atoms with van der Waals surface area (Å²) in [5.74, 6) is -0.0458. The maximum atomic E-state index is 12.4. The molecule has 3 N–H and O–H groups in total. The molecule has 0 atom stereocenters. The van der Waals surface area contributed by atoms with Gasteiger partial charge in [0, 0.05) is 0 Å². The first-order valence-corrected chi connectivity index (χ1v) is 6.99. The predicted molar refractivity (Wildman–Crippen MR) is 82.3 cm³/mol. The second-order valence-electron chi connectivity index (χ2n) is 7.61. The van der Waals surface area contributed by atoms with E-state index in [0.29, 0.717) is 6.42 Å². The van der Waals surface area contributed by atoms with Crippen LogP contribution in [0.2, 0.25) is 0 Å². The van der Waals surface area contributed by atoms with Crippen molar-refractivity contribution < 1.29 is 9.90 Å². The number of phenols is 1. The Bertz CT molecular complexity index is 461. The number of amides is 1. The highest BCUT2D eigenvalue weighted by atomic mass is 16.3. The second kappa shape index (κ2) is 5.12. The van der Waals surface area contributed by atoms with Crippen molar-refractivity contribution in [3.63, 3.8) is 0 Å². The predicted octanol–water partition coefficient (Wildman–Crippen LogP) is 3.50. The van der Waals surface area contributed by atoms with E-state index in [4.69, 9.17) is 5.73 Å². The van der Waals surface area contributed by atoms with Gasteiger partial charge in [0.2, 0.25) is 5.91 Å². The van der Waals surface area contributed by atoms with E-state index in [-0.39, 0.29) is 22.5 Å². The molecule has 0 saturated heterocycles. The number of hydrogen-bond acceptors (Lipinski definition) is 2. The molecule has 0 aliphatic heterocycles. The Kier molecular flexibility index (Phi) is 4.23. The molecule has 0 fully saturated rings. The van der Waals surface area contributed by atoms with E-state index >= 15 is 0 Å². The van der Waals surface area contributed by atoms with Gasteiger partial charge < -0.3 is 10.8 Å². The number of benzene rings is 1. The minimum absolute atomic E-state index is 0.227. The van der Waals surface area contributed by atoms with Crippen LogP contribution in [0.3, 0.4) is 0 Å². The van der Waals surface area contributed by atoms with Gasteiger partial charge in [-0.2, -0.15) is 0 Å². The van der Waals surface area contributed by atoms with Gasteiger partial charge in [-0.05, 0) is 34.9 Å². The Morgan fingerprint density at radius 2 is 1.40 bits per heavy atom. The molecule has 1 amide bonds. The number of carbonyl (C=O) groups is 1. The van der Waals surface area contributed by atoms with Gasteiger partial charge in [0.25, 0.3) is 0 Å². The summed E-state index contributed by atoms with van der Waals surface area (Å²) in [6.07, 6.45) is 0.565. The standard InChI is InChI=1S/C17H27NO2/c1-15(2,3)17(14(18)20,16(4,5)6)11-12-7-9-13(19)10-8-12/h7-10,19H,11H2,1-6H3,(H2,18,20). The van der Waals surface area contributed by atoms with Gasteiger partial charge in [0.15, 0.2) is 0 Å². The fourth-order valence-corrected chi connectivity index (χ4v) is 3.40. The normalized spacial score (nSPS) is 13.3. The van der Waals surface area contributed by atoms with Crippen molar-refractivity contribution in [2.75, 3.05) is 0 Å². The van der Waals surface area contributed by atoms with Gasteiger partial charge >= 0.3 is 0 Å². The fraction of sp³-hybridized carbons (Fsp3) is 0.588. The molecule has 0 aromatic heterocycles. The third kappa shape index (κ3) is 2.82. The quantitative estimate of drug-likeness (QED) is 0.888. The number of carbonyl (C=O) groups excluding carboxylic acids is 1. The van der Waals surface area contributed by atoms with E-state index in [9.17, 15) is 9.90 Å². The molecular weight excluding hydrogens is 250 g/mol. The van der Waals surface area contributed by atoms with Gasteiger partial charge in [-0.25, -0.2) is 0 Å². The number of primary amides is 1. The first kappa shape index (κ1) is 16.5. The molecule has 20 heavy (non-hydrogen) atoms. The van der Waals surface area contributed by atoms with Crippen LogP contribution in [0, 0.1) is 16.2 Å². The van der Waals surface area contributed by atoms with E-state index in [1.165, 1.54) is 0 Å². The summed E-state index contributed by atoms with van der Waals surface area (Å²) < 4.78 is 0. The van der Waals surface area contributed by atoms with Gasteiger partial charge in [-0.1, -0.05) is 53.7 Å². The minimum atomic E-state index is -0.670.